The van der Waals surface area contributed by atoms with Gasteiger partial charge in [-0.15, -0.1) is 11.3 Å². The number of benzene rings is 1. The molecule has 0 radical (unpaired) electrons. The molecule has 0 amide bonds. The van der Waals surface area contributed by atoms with Gasteiger partial charge in [-0.05, 0) is 18.2 Å². The molecule has 0 saturated heterocycles. The Kier molecular flexibility index (Phi) is 3.67. The average molecular weight is 291 g/mol. The van der Waals surface area contributed by atoms with Crippen LogP contribution in [0.5, 0.6) is 0 Å². The van der Waals surface area contributed by atoms with E-state index in [1.165, 1.54) is 17.4 Å². The highest BCUT2D eigenvalue weighted by Crippen LogP contribution is 2.29. The summed E-state index contributed by atoms with van der Waals surface area (Å²) in [6.07, 6.45) is 0. The summed E-state index contributed by atoms with van der Waals surface area (Å²) in [5.41, 5.74) is 7.60. The van der Waals surface area contributed by atoms with Crippen LogP contribution in [0.4, 0.5) is 16.5 Å². The molecule has 4 N–H and O–H groups in total. The summed E-state index contributed by atoms with van der Waals surface area (Å²) in [5, 5.41) is 14.9. The van der Waals surface area contributed by atoms with E-state index in [1.54, 1.807) is 12.1 Å². The Morgan fingerprint density at radius 2 is 2.10 bits per heavy atom. The van der Waals surface area contributed by atoms with E-state index in [1.807, 2.05) is 5.38 Å². The maximum Gasteiger partial charge on any atom is 0.337 e. The number of aromatic carboxylic acids is 1. The van der Waals surface area contributed by atoms with Crippen LogP contribution >= 0.6 is 11.3 Å². The molecule has 0 bridgehead atoms. The van der Waals surface area contributed by atoms with E-state index < -0.39 is 5.97 Å². The van der Waals surface area contributed by atoms with Gasteiger partial charge in [0.05, 0.1) is 11.3 Å². The van der Waals surface area contributed by atoms with Gasteiger partial charge in [-0.25, -0.2) is 9.78 Å². The van der Waals surface area contributed by atoms with Crippen LogP contribution in [0.15, 0.2) is 23.6 Å². The summed E-state index contributed by atoms with van der Waals surface area (Å²) in [6.45, 7) is 6.28. The molecule has 0 unspecified atom stereocenters. The first-order chi connectivity index (χ1) is 9.27. The summed E-state index contributed by atoms with van der Waals surface area (Å²) in [7, 11) is 0. The van der Waals surface area contributed by atoms with E-state index >= 15 is 0 Å². The molecule has 0 atom stereocenters. The molecular weight excluding hydrogens is 274 g/mol. The maximum absolute atomic E-state index is 11.0. The fourth-order valence-electron chi connectivity index (χ4n) is 1.62. The number of nitrogens with one attached hydrogen (secondary N) is 1. The van der Waals surface area contributed by atoms with Crippen LogP contribution in [0.1, 0.15) is 36.8 Å². The lowest BCUT2D eigenvalue weighted by Gasteiger charge is -2.14. The topological polar surface area (TPSA) is 88.2 Å². The summed E-state index contributed by atoms with van der Waals surface area (Å²) in [6, 6.07) is 4.82. The fraction of sp³-hybridized carbons (Fsp3) is 0.286. The van der Waals surface area contributed by atoms with Crippen molar-refractivity contribution < 1.29 is 9.90 Å². The Hall–Kier alpha value is -2.08. The van der Waals surface area contributed by atoms with E-state index in [0.29, 0.717) is 5.69 Å². The number of hydrogen-bond acceptors (Lipinski definition) is 5. The lowest BCUT2D eigenvalue weighted by molar-refractivity contribution is 0.0698. The van der Waals surface area contributed by atoms with Gasteiger partial charge in [0.25, 0.3) is 0 Å². The average Bonchev–Trinajstić information content (AvgIpc) is 2.79. The molecule has 6 heteroatoms. The van der Waals surface area contributed by atoms with E-state index in [-0.39, 0.29) is 16.7 Å². The van der Waals surface area contributed by atoms with Gasteiger partial charge in [-0.1, -0.05) is 20.8 Å². The van der Waals surface area contributed by atoms with Crippen LogP contribution in [0.3, 0.4) is 0 Å². The van der Waals surface area contributed by atoms with Gasteiger partial charge < -0.3 is 16.2 Å². The Labute approximate surface area is 121 Å². The van der Waals surface area contributed by atoms with Gasteiger partial charge in [0.1, 0.15) is 0 Å². The van der Waals surface area contributed by atoms with Crippen molar-refractivity contribution in [1.29, 1.82) is 0 Å². The molecule has 0 saturated carbocycles. The van der Waals surface area contributed by atoms with Crippen molar-refractivity contribution in [3.63, 3.8) is 0 Å². The highest BCUT2D eigenvalue weighted by atomic mass is 32.1. The van der Waals surface area contributed by atoms with Crippen molar-refractivity contribution in [3.05, 3.63) is 34.8 Å². The number of nitrogens with zero attached hydrogens (tertiary/aromatic N) is 1. The smallest absolute Gasteiger partial charge is 0.337 e. The van der Waals surface area contributed by atoms with Crippen molar-refractivity contribution >= 4 is 33.8 Å². The van der Waals surface area contributed by atoms with E-state index in [0.717, 1.165) is 10.8 Å². The second-order valence-electron chi connectivity index (χ2n) is 5.52. The third-order valence-corrected chi connectivity index (χ3v) is 3.57. The lowest BCUT2D eigenvalue weighted by atomic mass is 9.93. The van der Waals surface area contributed by atoms with E-state index in [4.69, 9.17) is 10.8 Å². The molecule has 5 nitrogen and oxygen atoms in total. The molecule has 106 valence electrons. The van der Waals surface area contributed by atoms with Gasteiger partial charge in [0, 0.05) is 22.2 Å². The Balaban J connectivity index is 2.24. The third-order valence-electron chi connectivity index (χ3n) is 2.81. The molecule has 2 aromatic rings. The molecule has 0 fully saturated rings. The highest BCUT2D eigenvalue weighted by Gasteiger charge is 2.17. The predicted octanol–water partition coefficient (Wildman–Crippen LogP) is 3.46. The largest absolute Gasteiger partial charge is 0.478 e. The zero-order valence-corrected chi connectivity index (χ0v) is 12.4. The summed E-state index contributed by atoms with van der Waals surface area (Å²) < 4.78 is 0. The minimum Gasteiger partial charge on any atom is -0.478 e. The first-order valence-electron chi connectivity index (χ1n) is 6.13. The molecular formula is C14H17N3O2S. The van der Waals surface area contributed by atoms with E-state index in [2.05, 4.69) is 31.1 Å². The molecule has 0 spiro atoms. The normalized spacial score (nSPS) is 11.3. The first-order valence-corrected chi connectivity index (χ1v) is 7.01. The number of anilines is 3. The molecule has 0 aliphatic heterocycles. The number of nitrogen functional groups attached to an aromatic ring is 1. The molecule has 1 aromatic carbocycles. The van der Waals surface area contributed by atoms with Gasteiger partial charge in [0.15, 0.2) is 5.13 Å². The number of carboxylic acids is 1. The van der Waals surface area contributed by atoms with Crippen LogP contribution in [0.2, 0.25) is 0 Å². The zero-order valence-electron chi connectivity index (χ0n) is 11.6. The van der Waals surface area contributed by atoms with Crippen molar-refractivity contribution in [3.8, 4) is 0 Å². The minimum atomic E-state index is -1.04. The summed E-state index contributed by atoms with van der Waals surface area (Å²) in [4.78, 5) is 15.5. The second-order valence-corrected chi connectivity index (χ2v) is 6.38. The van der Waals surface area contributed by atoms with Crippen molar-refractivity contribution in [2.45, 2.75) is 26.2 Å². The van der Waals surface area contributed by atoms with Gasteiger partial charge >= 0.3 is 5.97 Å². The number of carbonyl (C=O) groups is 1. The van der Waals surface area contributed by atoms with Gasteiger partial charge in [-0.2, -0.15) is 0 Å². The first kappa shape index (κ1) is 14.3. The fourth-order valence-corrected chi connectivity index (χ4v) is 2.58. The summed E-state index contributed by atoms with van der Waals surface area (Å²) in [5.74, 6) is -1.04. The Morgan fingerprint density at radius 3 is 2.65 bits per heavy atom. The molecule has 20 heavy (non-hydrogen) atoms. The Bertz CT molecular complexity index is 644. The van der Waals surface area contributed by atoms with Crippen LogP contribution in [0, 0.1) is 0 Å². The van der Waals surface area contributed by atoms with Crippen LogP contribution in [-0.4, -0.2) is 16.1 Å². The van der Waals surface area contributed by atoms with Crippen LogP contribution < -0.4 is 11.1 Å². The maximum atomic E-state index is 11.0. The predicted molar refractivity (Wildman–Crippen MR) is 81.9 cm³/mol. The number of thiazole rings is 1. The Morgan fingerprint density at radius 1 is 1.40 bits per heavy atom. The van der Waals surface area contributed by atoms with Crippen molar-refractivity contribution in [1.82, 2.24) is 4.98 Å². The molecule has 1 heterocycles. The van der Waals surface area contributed by atoms with E-state index in [9.17, 15) is 4.79 Å². The highest BCUT2D eigenvalue weighted by molar-refractivity contribution is 7.13. The molecule has 1 aromatic heterocycles. The minimum absolute atomic E-state index is 0.0101. The number of aromatic nitrogens is 1. The lowest BCUT2D eigenvalue weighted by Crippen LogP contribution is -2.11. The van der Waals surface area contributed by atoms with Crippen molar-refractivity contribution in [2.24, 2.45) is 0 Å². The van der Waals surface area contributed by atoms with Crippen molar-refractivity contribution in [2.75, 3.05) is 11.1 Å². The van der Waals surface area contributed by atoms with Crippen LogP contribution in [0.25, 0.3) is 0 Å². The third kappa shape index (κ3) is 3.08. The molecule has 0 aliphatic carbocycles. The number of rotatable bonds is 3. The second kappa shape index (κ2) is 5.13. The van der Waals surface area contributed by atoms with Crippen LogP contribution in [-0.2, 0) is 5.41 Å². The number of hydrogen-bond donors (Lipinski definition) is 3. The standard InChI is InChI=1S/C14H17N3O2S/c1-14(2,3)11-7-20-13(17-11)16-8-4-5-10(15)9(6-8)12(18)19/h4-7H,15H2,1-3H3,(H,16,17)(H,18,19). The SMILES string of the molecule is CC(C)(C)c1csc(Nc2ccc(N)c(C(=O)O)c2)n1. The monoisotopic (exact) mass is 291 g/mol. The summed E-state index contributed by atoms with van der Waals surface area (Å²) >= 11 is 1.49. The zero-order chi connectivity index (χ0) is 14.9. The molecule has 0 aliphatic rings. The number of carboxylic acid groups (broad SMARTS) is 1. The molecule has 2 rings (SSSR count). The van der Waals surface area contributed by atoms with Gasteiger partial charge in [-0.3, -0.25) is 0 Å². The van der Waals surface area contributed by atoms with Gasteiger partial charge in [0.2, 0.25) is 0 Å². The number of nitrogens with two attached hydrogens (primary N) is 1. The quantitative estimate of drug-likeness (QED) is 0.754.